The molecule has 1 saturated heterocycles. The molecule has 16 heavy (non-hydrogen) atoms. The second kappa shape index (κ2) is 5.44. The van der Waals surface area contributed by atoms with Crippen molar-refractivity contribution < 1.29 is 0 Å². The van der Waals surface area contributed by atoms with Gasteiger partial charge in [0.25, 0.3) is 0 Å². The molecule has 1 aliphatic heterocycles. The van der Waals surface area contributed by atoms with Crippen LogP contribution in [-0.4, -0.2) is 17.0 Å². The number of hydrogen-bond acceptors (Lipinski definition) is 2. The maximum Gasteiger partial charge on any atom is 0.0453 e. The number of rotatable bonds is 3. The number of hydrogen-bond donors (Lipinski definition) is 1. The van der Waals surface area contributed by atoms with E-state index in [0.29, 0.717) is 17.3 Å². The summed E-state index contributed by atoms with van der Waals surface area (Å²) in [6.07, 6.45) is 1.26. The SMILES string of the molecule is CC1SCCC1N[C@@H](C)c1ccccc1Cl. The predicted molar refractivity (Wildman–Crippen MR) is 73.3 cm³/mol. The molecular weight excluding hydrogens is 238 g/mol. The minimum Gasteiger partial charge on any atom is -0.306 e. The Bertz CT molecular complexity index is 356. The van der Waals surface area contributed by atoms with Crippen LogP contribution in [0.3, 0.4) is 0 Å². The van der Waals surface area contributed by atoms with Crippen LogP contribution in [0.25, 0.3) is 0 Å². The van der Waals surface area contributed by atoms with E-state index in [4.69, 9.17) is 11.6 Å². The van der Waals surface area contributed by atoms with E-state index in [0.717, 1.165) is 5.02 Å². The Labute approximate surface area is 107 Å². The lowest BCUT2D eigenvalue weighted by Crippen LogP contribution is -2.35. The maximum absolute atomic E-state index is 6.20. The zero-order valence-electron chi connectivity index (χ0n) is 9.74. The van der Waals surface area contributed by atoms with E-state index in [1.165, 1.54) is 17.7 Å². The van der Waals surface area contributed by atoms with Crippen molar-refractivity contribution in [1.82, 2.24) is 5.32 Å². The third kappa shape index (κ3) is 2.73. The number of halogens is 1. The largest absolute Gasteiger partial charge is 0.306 e. The highest BCUT2D eigenvalue weighted by molar-refractivity contribution is 8.00. The summed E-state index contributed by atoms with van der Waals surface area (Å²) >= 11 is 8.25. The van der Waals surface area contributed by atoms with Gasteiger partial charge in [0, 0.05) is 22.4 Å². The minimum absolute atomic E-state index is 0.333. The molecule has 1 aromatic carbocycles. The summed E-state index contributed by atoms with van der Waals surface area (Å²) in [6.45, 7) is 4.49. The van der Waals surface area contributed by atoms with Crippen molar-refractivity contribution in [3.63, 3.8) is 0 Å². The normalized spacial score (nSPS) is 26.9. The average Bonchev–Trinajstić information content (AvgIpc) is 2.65. The molecule has 1 fully saturated rings. The van der Waals surface area contributed by atoms with Crippen LogP contribution in [0.2, 0.25) is 5.02 Å². The number of nitrogens with one attached hydrogen (secondary N) is 1. The first-order valence-corrected chi connectivity index (χ1v) is 7.23. The van der Waals surface area contributed by atoms with Crippen LogP contribution in [-0.2, 0) is 0 Å². The summed E-state index contributed by atoms with van der Waals surface area (Å²) in [5, 5.41) is 5.26. The van der Waals surface area contributed by atoms with Gasteiger partial charge < -0.3 is 5.32 Å². The first-order valence-electron chi connectivity index (χ1n) is 5.80. The van der Waals surface area contributed by atoms with Crippen molar-refractivity contribution in [2.24, 2.45) is 0 Å². The van der Waals surface area contributed by atoms with Crippen molar-refractivity contribution in [1.29, 1.82) is 0 Å². The van der Waals surface area contributed by atoms with Crippen LogP contribution in [0, 0.1) is 0 Å². The first-order chi connectivity index (χ1) is 7.68. The van der Waals surface area contributed by atoms with E-state index in [2.05, 4.69) is 37.0 Å². The van der Waals surface area contributed by atoms with Crippen LogP contribution in [0.1, 0.15) is 31.9 Å². The highest BCUT2D eigenvalue weighted by atomic mass is 35.5. The molecule has 3 atom stereocenters. The van der Waals surface area contributed by atoms with Gasteiger partial charge in [-0.1, -0.05) is 36.7 Å². The summed E-state index contributed by atoms with van der Waals surface area (Å²) in [5.41, 5.74) is 1.20. The van der Waals surface area contributed by atoms with Crippen LogP contribution in [0.4, 0.5) is 0 Å². The highest BCUT2D eigenvalue weighted by Crippen LogP contribution is 2.29. The van der Waals surface area contributed by atoms with Gasteiger partial charge in [0.1, 0.15) is 0 Å². The summed E-state index contributed by atoms with van der Waals surface area (Å²) in [6, 6.07) is 9.05. The Morgan fingerprint density at radius 1 is 1.44 bits per heavy atom. The molecule has 2 unspecified atom stereocenters. The van der Waals surface area contributed by atoms with Crippen LogP contribution >= 0.6 is 23.4 Å². The molecule has 1 nitrogen and oxygen atoms in total. The summed E-state index contributed by atoms with van der Waals surface area (Å²) < 4.78 is 0. The van der Waals surface area contributed by atoms with Gasteiger partial charge >= 0.3 is 0 Å². The molecule has 0 spiro atoms. The van der Waals surface area contributed by atoms with Crippen LogP contribution < -0.4 is 5.32 Å². The quantitative estimate of drug-likeness (QED) is 0.880. The van der Waals surface area contributed by atoms with Crippen LogP contribution in [0.5, 0.6) is 0 Å². The monoisotopic (exact) mass is 255 g/mol. The van der Waals surface area contributed by atoms with Gasteiger partial charge in [-0.25, -0.2) is 0 Å². The zero-order valence-corrected chi connectivity index (χ0v) is 11.3. The zero-order chi connectivity index (χ0) is 11.5. The fourth-order valence-corrected chi connectivity index (χ4v) is 3.70. The Morgan fingerprint density at radius 2 is 2.19 bits per heavy atom. The highest BCUT2D eigenvalue weighted by Gasteiger charge is 2.25. The standard InChI is InChI=1S/C13H18ClNS/c1-9(11-5-3-4-6-12(11)14)15-13-7-8-16-10(13)2/h3-6,9-10,13,15H,7-8H2,1-2H3/t9-,10?,13?/m0/s1. The molecular formula is C13H18ClNS. The van der Waals surface area contributed by atoms with Crippen molar-refractivity contribution in [3.05, 3.63) is 34.9 Å². The van der Waals surface area contributed by atoms with E-state index in [9.17, 15) is 0 Å². The molecule has 0 amide bonds. The van der Waals surface area contributed by atoms with Gasteiger partial charge in [0.05, 0.1) is 0 Å². The fraction of sp³-hybridized carbons (Fsp3) is 0.538. The lowest BCUT2D eigenvalue weighted by molar-refractivity contribution is 0.454. The molecule has 1 aromatic rings. The molecule has 1 aliphatic rings. The molecule has 0 aliphatic carbocycles. The van der Waals surface area contributed by atoms with Gasteiger partial charge in [0.15, 0.2) is 0 Å². The second-order valence-corrected chi connectivity index (χ2v) is 6.27. The van der Waals surface area contributed by atoms with E-state index in [-0.39, 0.29) is 0 Å². The van der Waals surface area contributed by atoms with E-state index < -0.39 is 0 Å². The summed E-state index contributed by atoms with van der Waals surface area (Å²) in [7, 11) is 0. The molecule has 88 valence electrons. The summed E-state index contributed by atoms with van der Waals surface area (Å²) in [4.78, 5) is 0. The predicted octanol–water partition coefficient (Wildman–Crippen LogP) is 3.88. The molecule has 0 aromatic heterocycles. The third-order valence-electron chi connectivity index (χ3n) is 3.21. The van der Waals surface area contributed by atoms with Gasteiger partial charge in [-0.05, 0) is 30.7 Å². The number of benzene rings is 1. The topological polar surface area (TPSA) is 12.0 Å². The van der Waals surface area contributed by atoms with E-state index >= 15 is 0 Å². The van der Waals surface area contributed by atoms with Gasteiger partial charge in [-0.15, -0.1) is 0 Å². The third-order valence-corrected chi connectivity index (χ3v) is 4.88. The molecule has 1 N–H and O–H groups in total. The Balaban J connectivity index is 2.03. The van der Waals surface area contributed by atoms with E-state index in [1.54, 1.807) is 0 Å². The molecule has 0 bridgehead atoms. The van der Waals surface area contributed by atoms with Crippen LogP contribution in [0.15, 0.2) is 24.3 Å². The Morgan fingerprint density at radius 3 is 2.81 bits per heavy atom. The first kappa shape index (κ1) is 12.3. The lowest BCUT2D eigenvalue weighted by Gasteiger charge is -2.23. The summed E-state index contributed by atoms with van der Waals surface area (Å²) in [5.74, 6) is 1.27. The van der Waals surface area contributed by atoms with Gasteiger partial charge in [-0.2, -0.15) is 11.8 Å². The van der Waals surface area contributed by atoms with E-state index in [1.807, 2.05) is 18.2 Å². The molecule has 0 saturated carbocycles. The van der Waals surface area contributed by atoms with Gasteiger partial charge in [-0.3, -0.25) is 0 Å². The fourth-order valence-electron chi connectivity index (χ4n) is 2.19. The van der Waals surface area contributed by atoms with Crippen molar-refractivity contribution in [2.45, 2.75) is 37.6 Å². The Kier molecular flexibility index (Phi) is 4.17. The molecule has 2 rings (SSSR count). The number of thioether (sulfide) groups is 1. The molecule has 3 heteroatoms. The Hall–Kier alpha value is -0.180. The minimum atomic E-state index is 0.333. The smallest absolute Gasteiger partial charge is 0.0453 e. The maximum atomic E-state index is 6.20. The van der Waals surface area contributed by atoms with Gasteiger partial charge in [0.2, 0.25) is 0 Å². The molecule has 1 heterocycles. The van der Waals surface area contributed by atoms with Crippen molar-refractivity contribution >= 4 is 23.4 Å². The van der Waals surface area contributed by atoms with Crippen molar-refractivity contribution in [3.8, 4) is 0 Å². The lowest BCUT2D eigenvalue weighted by atomic mass is 10.1. The second-order valence-electron chi connectivity index (χ2n) is 4.38. The molecule has 0 radical (unpaired) electrons. The van der Waals surface area contributed by atoms with Crippen molar-refractivity contribution in [2.75, 3.05) is 5.75 Å². The average molecular weight is 256 g/mol.